The third-order valence-electron chi connectivity index (χ3n) is 5.48. The highest BCUT2D eigenvalue weighted by atomic mass is 79.9. The molecule has 1 saturated carbocycles. The number of halogens is 1. The van der Waals surface area contributed by atoms with Crippen LogP contribution in [0.15, 0.2) is 9.89 Å². The Labute approximate surface area is 176 Å². The van der Waals surface area contributed by atoms with Gasteiger partial charge in [-0.15, -0.1) is 5.10 Å². The molecule has 0 radical (unpaired) electrons. The number of thioether (sulfide) groups is 1. The molecule has 0 bridgehead atoms. The lowest BCUT2D eigenvalue weighted by Crippen LogP contribution is -2.29. The Hall–Kier alpha value is -0.560. The Morgan fingerprint density at radius 1 is 0.926 bits per heavy atom. The highest BCUT2D eigenvalue weighted by Gasteiger charge is 2.34. The molecule has 0 spiro atoms. The van der Waals surface area contributed by atoms with Crippen LogP contribution in [0.2, 0.25) is 0 Å². The molecule has 2 rings (SSSR count). The maximum absolute atomic E-state index is 11.7. The van der Waals surface area contributed by atoms with Crippen LogP contribution in [-0.2, 0) is 4.79 Å². The van der Waals surface area contributed by atoms with Crippen molar-refractivity contribution in [3.05, 3.63) is 4.73 Å². The van der Waals surface area contributed by atoms with Crippen molar-refractivity contribution in [1.82, 2.24) is 15.2 Å². The molecule has 1 aliphatic carbocycles. The van der Waals surface area contributed by atoms with Crippen molar-refractivity contribution < 1.29 is 9.90 Å². The average molecular weight is 460 g/mol. The molecule has 154 valence electrons. The van der Waals surface area contributed by atoms with E-state index in [-0.39, 0.29) is 11.2 Å². The molecule has 0 aromatic carbocycles. The zero-order valence-corrected chi connectivity index (χ0v) is 18.8. The smallest absolute Gasteiger partial charge is 0.304 e. The van der Waals surface area contributed by atoms with Crippen molar-refractivity contribution >= 4 is 33.7 Å². The van der Waals surface area contributed by atoms with Crippen LogP contribution < -0.4 is 0 Å². The Bertz CT molecular complexity index is 537. The number of hydrogen-bond acceptors (Lipinski definition) is 4. The SMILES string of the molecule is O=C(O)CC1(Sc2n[nH]c(Br)n2)CCCCCCCCCCCCCCC1. The van der Waals surface area contributed by atoms with E-state index in [0.29, 0.717) is 9.89 Å². The third kappa shape index (κ3) is 9.46. The fourth-order valence-corrected chi connectivity index (χ4v) is 5.70. The number of aliphatic carboxylic acids is 1. The number of carboxylic acids is 1. The minimum absolute atomic E-state index is 0.184. The summed E-state index contributed by atoms with van der Waals surface area (Å²) in [6.45, 7) is 0. The molecule has 1 aromatic heterocycles. The van der Waals surface area contributed by atoms with Gasteiger partial charge in [0.15, 0.2) is 4.73 Å². The molecule has 0 saturated heterocycles. The molecule has 2 N–H and O–H groups in total. The van der Waals surface area contributed by atoms with Gasteiger partial charge in [-0.3, -0.25) is 9.89 Å². The summed E-state index contributed by atoms with van der Waals surface area (Å²) in [7, 11) is 0. The van der Waals surface area contributed by atoms with Gasteiger partial charge in [0.25, 0.3) is 0 Å². The van der Waals surface area contributed by atoms with Crippen LogP contribution in [0.25, 0.3) is 0 Å². The molecular weight excluding hydrogens is 426 g/mol. The standard InChI is InChI=1S/C20H34BrN3O2S/c21-18-22-19(24-23-18)27-20(16-17(25)26)14-12-10-8-6-4-2-1-3-5-7-9-11-13-15-20/h1-16H2,(H,25,26)(H,22,23,24). The Kier molecular flexibility index (Phi) is 10.8. The van der Waals surface area contributed by atoms with Gasteiger partial charge in [0, 0.05) is 4.75 Å². The van der Waals surface area contributed by atoms with Gasteiger partial charge in [-0.1, -0.05) is 95.2 Å². The van der Waals surface area contributed by atoms with Gasteiger partial charge >= 0.3 is 5.97 Å². The highest BCUT2D eigenvalue weighted by molar-refractivity contribution is 9.10. The molecule has 27 heavy (non-hydrogen) atoms. The summed E-state index contributed by atoms with van der Waals surface area (Å²) >= 11 is 4.87. The molecule has 1 aliphatic rings. The van der Waals surface area contributed by atoms with E-state index in [1.165, 1.54) is 70.6 Å². The van der Waals surface area contributed by atoms with E-state index < -0.39 is 5.97 Å². The number of carboxylic acid groups (broad SMARTS) is 1. The summed E-state index contributed by atoms with van der Waals surface area (Å²) in [5, 5.41) is 17.3. The Morgan fingerprint density at radius 2 is 1.37 bits per heavy atom. The summed E-state index contributed by atoms with van der Waals surface area (Å²) in [5.41, 5.74) is 0. The van der Waals surface area contributed by atoms with E-state index >= 15 is 0 Å². The maximum Gasteiger partial charge on any atom is 0.304 e. The molecule has 7 heteroatoms. The molecule has 0 unspecified atom stereocenters. The predicted molar refractivity (Wildman–Crippen MR) is 114 cm³/mol. The van der Waals surface area contributed by atoms with Crippen molar-refractivity contribution in [2.75, 3.05) is 0 Å². The number of nitrogens with zero attached hydrogens (tertiary/aromatic N) is 2. The summed E-state index contributed by atoms with van der Waals surface area (Å²) in [6.07, 6.45) is 18.6. The number of aromatic nitrogens is 3. The average Bonchev–Trinajstić information content (AvgIpc) is 3.01. The van der Waals surface area contributed by atoms with E-state index in [0.717, 1.165) is 25.7 Å². The van der Waals surface area contributed by atoms with E-state index in [1.54, 1.807) is 11.8 Å². The second-order valence-corrected chi connectivity index (χ2v) is 10.0. The predicted octanol–water partition coefficient (Wildman–Crippen LogP) is 6.74. The van der Waals surface area contributed by atoms with Crippen molar-refractivity contribution in [3.8, 4) is 0 Å². The third-order valence-corrected chi connectivity index (χ3v) is 7.19. The fraction of sp³-hybridized carbons (Fsp3) is 0.850. The second kappa shape index (κ2) is 12.8. The van der Waals surface area contributed by atoms with Crippen LogP contribution in [-0.4, -0.2) is 31.0 Å². The first-order valence-corrected chi connectivity index (χ1v) is 12.2. The molecule has 0 amide bonds. The zero-order valence-electron chi connectivity index (χ0n) is 16.3. The largest absolute Gasteiger partial charge is 0.481 e. The fourth-order valence-electron chi connectivity index (χ4n) is 4.02. The monoisotopic (exact) mass is 459 g/mol. The van der Waals surface area contributed by atoms with E-state index in [1.807, 2.05) is 0 Å². The number of aromatic amines is 1. The van der Waals surface area contributed by atoms with Crippen LogP contribution in [0.4, 0.5) is 0 Å². The van der Waals surface area contributed by atoms with E-state index in [4.69, 9.17) is 0 Å². The first-order valence-electron chi connectivity index (χ1n) is 10.6. The molecule has 0 atom stereocenters. The number of nitrogens with one attached hydrogen (secondary N) is 1. The van der Waals surface area contributed by atoms with Crippen LogP contribution in [0.3, 0.4) is 0 Å². The van der Waals surface area contributed by atoms with Crippen LogP contribution in [0.5, 0.6) is 0 Å². The van der Waals surface area contributed by atoms with Crippen LogP contribution in [0.1, 0.15) is 103 Å². The van der Waals surface area contributed by atoms with Gasteiger partial charge in [0.05, 0.1) is 6.42 Å². The van der Waals surface area contributed by atoms with Gasteiger partial charge < -0.3 is 5.11 Å². The van der Waals surface area contributed by atoms with Crippen molar-refractivity contribution in [3.63, 3.8) is 0 Å². The lowest BCUT2D eigenvalue weighted by atomic mass is 9.90. The molecule has 1 heterocycles. The van der Waals surface area contributed by atoms with Crippen molar-refractivity contribution in [2.24, 2.45) is 0 Å². The lowest BCUT2D eigenvalue weighted by Gasteiger charge is -2.31. The summed E-state index contributed by atoms with van der Waals surface area (Å²) < 4.78 is 0.300. The number of carbonyl (C=O) groups is 1. The first kappa shape index (κ1) is 22.7. The van der Waals surface area contributed by atoms with Gasteiger partial charge in [-0.05, 0) is 28.8 Å². The lowest BCUT2D eigenvalue weighted by molar-refractivity contribution is -0.137. The molecule has 1 fully saturated rings. The van der Waals surface area contributed by atoms with Crippen LogP contribution >= 0.6 is 27.7 Å². The topological polar surface area (TPSA) is 78.9 Å². The Morgan fingerprint density at radius 3 is 1.74 bits per heavy atom. The highest BCUT2D eigenvalue weighted by Crippen LogP contribution is 2.43. The maximum atomic E-state index is 11.7. The van der Waals surface area contributed by atoms with E-state index in [9.17, 15) is 9.90 Å². The van der Waals surface area contributed by atoms with Crippen LogP contribution in [0, 0.1) is 0 Å². The molecule has 1 aromatic rings. The zero-order chi connectivity index (χ0) is 19.4. The minimum Gasteiger partial charge on any atom is -0.481 e. The van der Waals surface area contributed by atoms with Crippen molar-refractivity contribution in [2.45, 2.75) is 113 Å². The second-order valence-electron chi connectivity index (χ2n) is 7.86. The van der Waals surface area contributed by atoms with Gasteiger partial charge in [0.2, 0.25) is 5.16 Å². The van der Waals surface area contributed by atoms with E-state index in [2.05, 4.69) is 31.1 Å². The Balaban J connectivity index is 2.02. The molecule has 5 nitrogen and oxygen atoms in total. The summed E-state index contributed by atoms with van der Waals surface area (Å²) in [6, 6.07) is 0. The summed E-state index contributed by atoms with van der Waals surface area (Å²) in [4.78, 5) is 16.0. The van der Waals surface area contributed by atoms with Crippen molar-refractivity contribution in [1.29, 1.82) is 0 Å². The van der Waals surface area contributed by atoms with Gasteiger partial charge in [-0.2, -0.15) is 4.98 Å². The van der Waals surface area contributed by atoms with Gasteiger partial charge in [0.1, 0.15) is 0 Å². The van der Waals surface area contributed by atoms with Gasteiger partial charge in [-0.25, -0.2) is 0 Å². The molecule has 0 aliphatic heterocycles. The number of H-pyrrole nitrogens is 1. The number of rotatable bonds is 4. The first-order chi connectivity index (χ1) is 13.1. The quantitative estimate of drug-likeness (QED) is 0.520. The minimum atomic E-state index is -0.716. The molecular formula is C20H34BrN3O2S. The summed E-state index contributed by atoms with van der Waals surface area (Å²) in [5.74, 6) is -0.716. The number of hydrogen-bond donors (Lipinski definition) is 2. The normalized spacial score (nSPS) is 20.9.